The number of piperidine rings is 1. The normalized spacial score (nSPS) is 17.0. The van der Waals surface area contributed by atoms with Crippen LogP contribution in [0.25, 0.3) is 10.8 Å². The molecule has 2 N–H and O–H groups in total. The highest BCUT2D eigenvalue weighted by molar-refractivity contribution is 7.92. The lowest BCUT2D eigenvalue weighted by atomic mass is 9.98. The first-order chi connectivity index (χ1) is 22.6. The van der Waals surface area contributed by atoms with Crippen molar-refractivity contribution < 1.29 is 32.2 Å². The van der Waals surface area contributed by atoms with Gasteiger partial charge in [-0.1, -0.05) is 36.4 Å². The standard InChI is InChI=1S/C36H46N4O7S/c1-35(2,3)46-33(41)38-32(39-34(42)47-36(4,5)6)40-20-17-25-11-13-29(21-28(25)23-40)45-31(26-15-18-37-19-16-26)48(43,44)30-14-12-24-9-7-8-10-27(24)22-30/h7-14,21-22,26,31,37H,15-20,23H2,1-6H3,(H,38,39,41,42). The highest BCUT2D eigenvalue weighted by Gasteiger charge is 2.38. The lowest BCUT2D eigenvalue weighted by Gasteiger charge is -2.33. The van der Waals surface area contributed by atoms with Gasteiger partial charge in [0.05, 0.1) is 4.90 Å². The first-order valence-electron chi connectivity index (χ1n) is 16.4. The molecular formula is C36H46N4O7S. The SMILES string of the molecule is CC(C)(C)OC(=O)N=C(NC(=O)OC(C)(C)C)N1CCc2ccc(OC(C3CCNCC3)S(=O)(=O)c3ccc4ccccc4c3)cc2C1. The van der Waals surface area contributed by atoms with Crippen LogP contribution in [0.4, 0.5) is 9.59 Å². The van der Waals surface area contributed by atoms with Crippen LogP contribution in [0.3, 0.4) is 0 Å². The molecule has 48 heavy (non-hydrogen) atoms. The molecule has 2 amide bonds. The molecule has 0 saturated carbocycles. The molecule has 2 aliphatic heterocycles. The second kappa shape index (κ2) is 14.1. The van der Waals surface area contributed by atoms with Crippen molar-refractivity contribution in [1.82, 2.24) is 15.5 Å². The monoisotopic (exact) mass is 678 g/mol. The summed E-state index contributed by atoms with van der Waals surface area (Å²) in [6, 6.07) is 18.5. The van der Waals surface area contributed by atoms with E-state index in [1.807, 2.05) is 48.5 Å². The molecule has 1 unspecified atom stereocenters. The van der Waals surface area contributed by atoms with Crippen molar-refractivity contribution >= 4 is 38.8 Å². The molecule has 258 valence electrons. The van der Waals surface area contributed by atoms with Crippen LogP contribution >= 0.6 is 0 Å². The van der Waals surface area contributed by atoms with Gasteiger partial charge in [0, 0.05) is 19.0 Å². The molecular weight excluding hydrogens is 632 g/mol. The molecule has 3 aromatic rings. The number of fused-ring (bicyclic) bond motifs is 2. The largest absolute Gasteiger partial charge is 0.474 e. The van der Waals surface area contributed by atoms with Crippen molar-refractivity contribution in [3.63, 3.8) is 0 Å². The maximum Gasteiger partial charge on any atom is 0.437 e. The molecule has 2 heterocycles. The molecule has 1 fully saturated rings. The summed E-state index contributed by atoms with van der Waals surface area (Å²) in [5.74, 6) is 0.219. The van der Waals surface area contributed by atoms with Crippen LogP contribution in [-0.2, 0) is 32.3 Å². The third-order valence-electron chi connectivity index (χ3n) is 8.07. The highest BCUT2D eigenvalue weighted by atomic mass is 32.2. The lowest BCUT2D eigenvalue weighted by molar-refractivity contribution is 0.0553. The number of guanidine groups is 1. The predicted octanol–water partition coefficient (Wildman–Crippen LogP) is 6.19. The van der Waals surface area contributed by atoms with E-state index in [-0.39, 0.29) is 23.3 Å². The number of aliphatic imine (C=N–C) groups is 1. The first-order valence-corrected chi connectivity index (χ1v) is 17.9. The zero-order valence-corrected chi connectivity index (χ0v) is 29.4. The topological polar surface area (TPSA) is 136 Å². The van der Waals surface area contributed by atoms with Gasteiger partial charge in [0.1, 0.15) is 17.0 Å². The maximum atomic E-state index is 14.2. The Morgan fingerprint density at radius 1 is 0.896 bits per heavy atom. The number of nitrogens with one attached hydrogen (secondary N) is 2. The van der Waals surface area contributed by atoms with Crippen LogP contribution in [0, 0.1) is 5.92 Å². The number of sulfone groups is 1. The van der Waals surface area contributed by atoms with E-state index in [9.17, 15) is 18.0 Å². The third-order valence-corrected chi connectivity index (χ3v) is 10.1. The number of hydrogen-bond acceptors (Lipinski definition) is 8. The van der Waals surface area contributed by atoms with Crippen LogP contribution in [0.15, 0.2) is 70.6 Å². The van der Waals surface area contributed by atoms with Crippen molar-refractivity contribution in [2.75, 3.05) is 19.6 Å². The van der Waals surface area contributed by atoms with Gasteiger partial charge >= 0.3 is 12.2 Å². The van der Waals surface area contributed by atoms with E-state index in [1.165, 1.54) is 0 Å². The van der Waals surface area contributed by atoms with Crippen molar-refractivity contribution in [2.24, 2.45) is 10.9 Å². The summed E-state index contributed by atoms with van der Waals surface area (Å²) in [4.78, 5) is 31.6. The average Bonchev–Trinajstić information content (AvgIpc) is 3.01. The molecule has 3 aromatic carbocycles. The number of carbonyl (C=O) groups excluding carboxylic acids is 2. The van der Waals surface area contributed by atoms with Gasteiger partial charge in [-0.05, 0) is 120 Å². The first kappa shape index (κ1) is 35.2. The lowest BCUT2D eigenvalue weighted by Crippen LogP contribution is -2.48. The van der Waals surface area contributed by atoms with Crippen LogP contribution in [0.5, 0.6) is 5.75 Å². The molecule has 0 aliphatic carbocycles. The van der Waals surface area contributed by atoms with Crippen LogP contribution in [0.1, 0.15) is 65.5 Å². The summed E-state index contributed by atoms with van der Waals surface area (Å²) in [7, 11) is -3.89. The van der Waals surface area contributed by atoms with Crippen molar-refractivity contribution in [3.05, 3.63) is 71.8 Å². The Balaban J connectivity index is 1.43. The minimum atomic E-state index is -3.89. The Labute approximate surface area is 283 Å². The summed E-state index contributed by atoms with van der Waals surface area (Å²) < 4.78 is 45.8. The fraction of sp³-hybridized carbons (Fsp3) is 0.472. The van der Waals surface area contributed by atoms with E-state index in [4.69, 9.17) is 14.2 Å². The second-order valence-electron chi connectivity index (χ2n) is 14.3. The second-order valence-corrected chi connectivity index (χ2v) is 16.3. The van der Waals surface area contributed by atoms with Crippen molar-refractivity contribution in [1.29, 1.82) is 0 Å². The molecule has 12 heteroatoms. The maximum absolute atomic E-state index is 14.2. The van der Waals surface area contributed by atoms with Gasteiger partial charge in [0.2, 0.25) is 21.2 Å². The number of benzene rings is 3. The van der Waals surface area contributed by atoms with Gasteiger partial charge in [0.15, 0.2) is 0 Å². The van der Waals surface area contributed by atoms with Gasteiger partial charge in [-0.25, -0.2) is 18.0 Å². The van der Waals surface area contributed by atoms with Crippen LogP contribution in [-0.4, -0.2) is 67.7 Å². The van der Waals surface area contributed by atoms with Gasteiger partial charge in [-0.2, -0.15) is 0 Å². The summed E-state index contributed by atoms with van der Waals surface area (Å²) in [5, 5.41) is 7.76. The third kappa shape index (κ3) is 9.04. The summed E-state index contributed by atoms with van der Waals surface area (Å²) in [5.41, 5.74) is -0.732. The average molecular weight is 679 g/mol. The Bertz CT molecular complexity index is 1790. The minimum Gasteiger partial charge on any atom is -0.474 e. The summed E-state index contributed by atoms with van der Waals surface area (Å²) in [6.07, 6.45) is 0.316. The fourth-order valence-electron chi connectivity index (χ4n) is 5.87. The Kier molecular flexibility index (Phi) is 10.4. The van der Waals surface area contributed by atoms with Gasteiger partial charge in [-0.3, -0.25) is 5.32 Å². The van der Waals surface area contributed by atoms with E-state index in [2.05, 4.69) is 15.6 Å². The number of amides is 2. The van der Waals surface area contributed by atoms with E-state index >= 15 is 0 Å². The molecule has 2 aliphatic rings. The van der Waals surface area contributed by atoms with Crippen molar-refractivity contribution in [2.45, 2.75) is 88.9 Å². The number of ether oxygens (including phenoxy) is 3. The van der Waals surface area contributed by atoms with E-state index in [0.717, 1.165) is 21.9 Å². The van der Waals surface area contributed by atoms with Crippen molar-refractivity contribution in [3.8, 4) is 5.75 Å². The molecule has 1 atom stereocenters. The van der Waals surface area contributed by atoms with E-state index in [0.29, 0.717) is 44.6 Å². The molecule has 0 radical (unpaired) electrons. The molecule has 11 nitrogen and oxygen atoms in total. The molecule has 5 rings (SSSR count). The zero-order valence-electron chi connectivity index (χ0n) is 28.5. The van der Waals surface area contributed by atoms with Crippen LogP contribution < -0.4 is 15.4 Å². The van der Waals surface area contributed by atoms with Gasteiger partial charge in [-0.15, -0.1) is 4.99 Å². The summed E-state index contributed by atoms with van der Waals surface area (Å²) in [6.45, 7) is 12.6. The van der Waals surface area contributed by atoms with E-state index < -0.39 is 38.7 Å². The number of hydrogen-bond donors (Lipinski definition) is 2. The van der Waals surface area contributed by atoms with Crippen LogP contribution in [0.2, 0.25) is 0 Å². The number of rotatable bonds is 5. The number of carbonyl (C=O) groups is 2. The summed E-state index contributed by atoms with van der Waals surface area (Å²) >= 11 is 0. The van der Waals surface area contributed by atoms with Gasteiger partial charge in [0.25, 0.3) is 0 Å². The number of alkyl carbamates (subject to hydrolysis) is 1. The molecule has 1 saturated heterocycles. The predicted molar refractivity (Wildman–Crippen MR) is 185 cm³/mol. The minimum absolute atomic E-state index is 0.00179. The molecule has 0 bridgehead atoms. The molecule has 0 aromatic heterocycles. The highest BCUT2D eigenvalue weighted by Crippen LogP contribution is 2.33. The smallest absolute Gasteiger partial charge is 0.437 e. The zero-order chi connectivity index (χ0) is 34.7. The number of nitrogens with zero attached hydrogens (tertiary/aromatic N) is 2. The quantitative estimate of drug-likeness (QED) is 0.239. The van der Waals surface area contributed by atoms with Gasteiger partial charge < -0.3 is 24.4 Å². The molecule has 0 spiro atoms. The Morgan fingerprint density at radius 2 is 1.58 bits per heavy atom. The van der Waals surface area contributed by atoms with E-state index in [1.54, 1.807) is 58.6 Å². The Morgan fingerprint density at radius 3 is 2.27 bits per heavy atom. The fourth-order valence-corrected chi connectivity index (χ4v) is 7.71. The Hall–Kier alpha value is -4.16.